The molecule has 0 aromatic carbocycles. The van der Waals surface area contributed by atoms with Crippen LogP contribution in [0.3, 0.4) is 0 Å². The summed E-state index contributed by atoms with van der Waals surface area (Å²) in [5, 5.41) is 23.1. The largest absolute Gasteiger partial charge is 0.409 e. The van der Waals surface area contributed by atoms with E-state index in [1.165, 1.54) is 0 Å². The third-order valence-electron chi connectivity index (χ3n) is 1.83. The Kier molecular flexibility index (Phi) is 9.76. The Bertz CT molecular complexity index is 179. The van der Waals surface area contributed by atoms with Gasteiger partial charge in [0.25, 0.3) is 0 Å². The number of amidine groups is 1. The van der Waals surface area contributed by atoms with E-state index in [-0.39, 0.29) is 18.5 Å². The fraction of sp³-hybridized carbons (Fsp3) is 0.889. The van der Waals surface area contributed by atoms with Crippen molar-refractivity contribution in [1.29, 1.82) is 0 Å². The first kappa shape index (κ1) is 14.5. The van der Waals surface area contributed by atoms with E-state index in [1.807, 2.05) is 18.7 Å². The molecule has 0 radical (unpaired) electrons. The summed E-state index contributed by atoms with van der Waals surface area (Å²) in [6.45, 7) is 3.16. The van der Waals surface area contributed by atoms with Crippen molar-refractivity contribution in [2.45, 2.75) is 25.8 Å². The summed E-state index contributed by atoms with van der Waals surface area (Å²) in [7, 11) is 0. The minimum atomic E-state index is 0.222. The van der Waals surface area contributed by atoms with Crippen molar-refractivity contribution in [3.63, 3.8) is 0 Å². The molecule has 0 aliphatic carbocycles. The van der Waals surface area contributed by atoms with Gasteiger partial charge in [-0.05, 0) is 19.1 Å². The van der Waals surface area contributed by atoms with Crippen molar-refractivity contribution in [2.75, 3.05) is 24.7 Å². The fourth-order valence-corrected chi connectivity index (χ4v) is 1.87. The first-order chi connectivity index (χ1) is 7.20. The highest BCUT2D eigenvalue weighted by molar-refractivity contribution is 7.99. The van der Waals surface area contributed by atoms with Crippen LogP contribution < -0.4 is 11.1 Å². The molecule has 0 aliphatic rings. The molecule has 1 atom stereocenters. The summed E-state index contributed by atoms with van der Waals surface area (Å²) in [4.78, 5) is 0. The van der Waals surface area contributed by atoms with Crippen LogP contribution in [0, 0.1) is 0 Å². The molecule has 15 heavy (non-hydrogen) atoms. The predicted octanol–water partition coefficient (Wildman–Crippen LogP) is 0.217. The molecule has 0 spiro atoms. The first-order valence-electron chi connectivity index (χ1n) is 5.09. The maximum Gasteiger partial charge on any atom is 0.140 e. The fourth-order valence-electron chi connectivity index (χ4n) is 1.07. The number of aliphatic hydroxyl groups is 1. The number of hydrogen-bond donors (Lipinski definition) is 4. The number of aliphatic hydroxyl groups excluding tert-OH is 1. The van der Waals surface area contributed by atoms with Crippen LogP contribution >= 0.6 is 11.8 Å². The summed E-state index contributed by atoms with van der Waals surface area (Å²) in [6.07, 6.45) is 1.40. The second-order valence-electron chi connectivity index (χ2n) is 3.34. The van der Waals surface area contributed by atoms with Gasteiger partial charge in [0.2, 0.25) is 0 Å². The van der Waals surface area contributed by atoms with Crippen molar-refractivity contribution >= 4 is 17.6 Å². The lowest BCUT2D eigenvalue weighted by Crippen LogP contribution is -2.32. The van der Waals surface area contributed by atoms with Gasteiger partial charge < -0.3 is 21.4 Å². The number of nitrogens with two attached hydrogens (primary N) is 1. The van der Waals surface area contributed by atoms with Crippen LogP contribution in [0.15, 0.2) is 5.16 Å². The van der Waals surface area contributed by atoms with E-state index in [2.05, 4.69) is 10.5 Å². The number of thioether (sulfide) groups is 1. The van der Waals surface area contributed by atoms with Gasteiger partial charge in [0, 0.05) is 31.4 Å². The summed E-state index contributed by atoms with van der Waals surface area (Å²) >= 11 is 1.81. The van der Waals surface area contributed by atoms with Crippen molar-refractivity contribution in [3.05, 3.63) is 0 Å². The van der Waals surface area contributed by atoms with Gasteiger partial charge in [-0.15, -0.1) is 0 Å². The van der Waals surface area contributed by atoms with Crippen molar-refractivity contribution < 1.29 is 10.3 Å². The SMILES string of the molecule is CC(CC(N)=NO)NCCSCCCO. The monoisotopic (exact) mass is 235 g/mol. The number of rotatable bonds is 9. The molecular weight excluding hydrogens is 214 g/mol. The van der Waals surface area contributed by atoms with Gasteiger partial charge in [-0.1, -0.05) is 5.16 Å². The minimum absolute atomic E-state index is 0.222. The minimum Gasteiger partial charge on any atom is -0.409 e. The molecule has 0 saturated heterocycles. The third kappa shape index (κ3) is 9.84. The smallest absolute Gasteiger partial charge is 0.140 e. The predicted molar refractivity (Wildman–Crippen MR) is 64.5 cm³/mol. The number of oxime groups is 1. The third-order valence-corrected chi connectivity index (χ3v) is 2.90. The van der Waals surface area contributed by atoms with Crippen LogP contribution in [-0.2, 0) is 0 Å². The number of nitrogens with one attached hydrogen (secondary N) is 1. The van der Waals surface area contributed by atoms with Gasteiger partial charge in [0.1, 0.15) is 5.84 Å². The van der Waals surface area contributed by atoms with E-state index in [1.54, 1.807) is 0 Å². The van der Waals surface area contributed by atoms with Crippen molar-refractivity contribution in [2.24, 2.45) is 10.9 Å². The molecular formula is C9H21N3O2S. The Labute approximate surface area is 95.1 Å². The van der Waals surface area contributed by atoms with Gasteiger partial charge in [-0.25, -0.2) is 0 Å². The molecule has 0 aliphatic heterocycles. The highest BCUT2D eigenvalue weighted by Gasteiger charge is 2.03. The Morgan fingerprint density at radius 3 is 2.87 bits per heavy atom. The van der Waals surface area contributed by atoms with Crippen LogP contribution in [0.2, 0.25) is 0 Å². The molecule has 1 unspecified atom stereocenters. The molecule has 6 heteroatoms. The van der Waals surface area contributed by atoms with Gasteiger partial charge in [-0.2, -0.15) is 11.8 Å². The zero-order chi connectivity index (χ0) is 11.5. The molecule has 90 valence electrons. The standard InChI is InChI=1S/C9H21N3O2S/c1-8(7-9(10)12-14)11-3-6-15-5-2-4-13/h8,11,13-14H,2-7H2,1H3,(H2,10,12). The van der Waals surface area contributed by atoms with Gasteiger partial charge in [0.15, 0.2) is 0 Å². The number of hydrogen-bond acceptors (Lipinski definition) is 5. The van der Waals surface area contributed by atoms with Gasteiger partial charge in [0.05, 0.1) is 0 Å². The van der Waals surface area contributed by atoms with E-state index in [0.717, 1.165) is 24.5 Å². The molecule has 0 rings (SSSR count). The Morgan fingerprint density at radius 2 is 2.27 bits per heavy atom. The Hall–Kier alpha value is -0.460. The van der Waals surface area contributed by atoms with E-state index in [9.17, 15) is 0 Å². The molecule has 0 saturated carbocycles. The first-order valence-corrected chi connectivity index (χ1v) is 6.24. The summed E-state index contributed by atoms with van der Waals surface area (Å²) in [5.41, 5.74) is 5.37. The summed E-state index contributed by atoms with van der Waals surface area (Å²) < 4.78 is 0. The lowest BCUT2D eigenvalue weighted by Gasteiger charge is -2.12. The maximum atomic E-state index is 8.56. The summed E-state index contributed by atoms with van der Waals surface area (Å²) in [5.74, 6) is 2.26. The van der Waals surface area contributed by atoms with Crippen LogP contribution in [0.5, 0.6) is 0 Å². The molecule has 0 fully saturated rings. The molecule has 0 heterocycles. The second-order valence-corrected chi connectivity index (χ2v) is 4.56. The zero-order valence-electron chi connectivity index (χ0n) is 9.15. The molecule has 0 amide bonds. The molecule has 0 aromatic heterocycles. The van der Waals surface area contributed by atoms with E-state index in [4.69, 9.17) is 16.0 Å². The van der Waals surface area contributed by atoms with Gasteiger partial charge >= 0.3 is 0 Å². The normalized spacial score (nSPS) is 14.1. The molecule has 5 nitrogen and oxygen atoms in total. The van der Waals surface area contributed by atoms with Crippen LogP contribution in [0.4, 0.5) is 0 Å². The highest BCUT2D eigenvalue weighted by atomic mass is 32.2. The van der Waals surface area contributed by atoms with Crippen molar-refractivity contribution in [3.8, 4) is 0 Å². The van der Waals surface area contributed by atoms with Crippen LogP contribution in [0.25, 0.3) is 0 Å². The average Bonchev–Trinajstić information content (AvgIpc) is 2.23. The topological polar surface area (TPSA) is 90.9 Å². The number of nitrogens with zero attached hydrogens (tertiary/aromatic N) is 1. The maximum absolute atomic E-state index is 8.56. The van der Waals surface area contributed by atoms with Gasteiger partial charge in [-0.3, -0.25) is 0 Å². The van der Waals surface area contributed by atoms with E-state index in [0.29, 0.717) is 6.42 Å². The quantitative estimate of drug-likeness (QED) is 0.151. The molecule has 5 N–H and O–H groups in total. The second kappa shape index (κ2) is 10.1. The average molecular weight is 235 g/mol. The summed E-state index contributed by atoms with van der Waals surface area (Å²) in [6, 6.07) is 0.222. The molecule has 0 aromatic rings. The zero-order valence-corrected chi connectivity index (χ0v) is 9.96. The molecule has 0 bridgehead atoms. The Morgan fingerprint density at radius 1 is 1.53 bits per heavy atom. The van der Waals surface area contributed by atoms with Crippen molar-refractivity contribution in [1.82, 2.24) is 5.32 Å². The van der Waals surface area contributed by atoms with E-state index < -0.39 is 0 Å². The Balaban J connectivity index is 3.27. The lowest BCUT2D eigenvalue weighted by atomic mass is 10.2. The lowest BCUT2D eigenvalue weighted by molar-refractivity contribution is 0.296. The van der Waals surface area contributed by atoms with E-state index >= 15 is 0 Å². The van der Waals surface area contributed by atoms with Crippen LogP contribution in [0.1, 0.15) is 19.8 Å². The highest BCUT2D eigenvalue weighted by Crippen LogP contribution is 2.00. The van der Waals surface area contributed by atoms with Crippen LogP contribution in [-0.4, -0.2) is 46.8 Å².